The molecule has 1 fully saturated rings. The molecule has 0 aromatic carbocycles. The van der Waals surface area contributed by atoms with Crippen LogP contribution in [-0.2, 0) is 11.8 Å². The minimum Gasteiger partial charge on any atom is -0.387 e. The molecule has 4 rings (SSSR count). The number of aliphatic hydroxyl groups excluding tert-OH is 2. The van der Waals surface area contributed by atoms with Crippen molar-refractivity contribution in [3.05, 3.63) is 12.2 Å². The van der Waals surface area contributed by atoms with E-state index < -0.39 is 24.5 Å². The van der Waals surface area contributed by atoms with Gasteiger partial charge in [-0.2, -0.15) is 14.8 Å². The van der Waals surface area contributed by atoms with Crippen LogP contribution in [0.25, 0.3) is 11.2 Å². The van der Waals surface area contributed by atoms with Crippen molar-refractivity contribution in [3.63, 3.8) is 0 Å². The lowest BCUT2D eigenvalue weighted by Gasteiger charge is -2.16. The first-order chi connectivity index (χ1) is 12.5. The summed E-state index contributed by atoms with van der Waals surface area (Å²) in [7, 11) is 5.02. The lowest BCUT2D eigenvalue weighted by Crippen LogP contribution is -2.29. The molecule has 26 heavy (non-hydrogen) atoms. The number of aliphatic hydroxyl groups is 2. The van der Waals surface area contributed by atoms with E-state index in [-0.39, 0.29) is 5.82 Å². The highest BCUT2D eigenvalue weighted by atomic mass is 16.6. The molecule has 4 heterocycles. The number of hydrogen-bond acceptors (Lipinski definition) is 11. The van der Waals surface area contributed by atoms with E-state index in [2.05, 4.69) is 41.0 Å². The maximum Gasteiger partial charge on any atom is 0.226 e. The highest BCUT2D eigenvalue weighted by Gasteiger charge is 2.47. The summed E-state index contributed by atoms with van der Waals surface area (Å²) in [6.45, 7) is 0. The Balaban J connectivity index is 1.75. The summed E-state index contributed by atoms with van der Waals surface area (Å²) in [6, 6.07) is 0. The number of nitrogens with one attached hydrogen (secondary N) is 2. The van der Waals surface area contributed by atoms with E-state index in [0.29, 0.717) is 22.9 Å². The van der Waals surface area contributed by atoms with Gasteiger partial charge in [0.1, 0.15) is 12.2 Å². The Morgan fingerprint density at radius 1 is 1.15 bits per heavy atom. The van der Waals surface area contributed by atoms with Crippen LogP contribution >= 0.6 is 0 Å². The van der Waals surface area contributed by atoms with Crippen molar-refractivity contribution in [2.45, 2.75) is 24.5 Å². The predicted octanol–water partition coefficient (Wildman–Crippen LogP) is -1.57. The summed E-state index contributed by atoms with van der Waals surface area (Å²) in [4.78, 5) is 14.2. The van der Waals surface area contributed by atoms with Crippen molar-refractivity contribution in [3.8, 4) is 0 Å². The third-order valence-corrected chi connectivity index (χ3v) is 4.17. The number of hydrogen-bond donors (Lipinski definition) is 4. The number of aryl methyl sites for hydroxylation is 1. The van der Waals surface area contributed by atoms with Gasteiger partial charge in [0, 0.05) is 14.1 Å². The average Bonchev–Trinajstić information content (AvgIpc) is 3.33. The first-order valence-corrected chi connectivity index (χ1v) is 7.89. The second-order valence-corrected chi connectivity index (χ2v) is 5.79. The molecule has 1 aliphatic heterocycles. The molecule has 1 aliphatic rings. The van der Waals surface area contributed by atoms with Crippen molar-refractivity contribution in [2.75, 3.05) is 24.7 Å². The highest BCUT2D eigenvalue weighted by Crippen LogP contribution is 2.38. The third kappa shape index (κ3) is 2.44. The van der Waals surface area contributed by atoms with Gasteiger partial charge in [-0.3, -0.25) is 4.57 Å². The number of ether oxygens (including phenoxy) is 1. The van der Waals surface area contributed by atoms with Crippen molar-refractivity contribution >= 4 is 22.9 Å². The van der Waals surface area contributed by atoms with Gasteiger partial charge in [-0.25, -0.2) is 4.98 Å². The van der Waals surface area contributed by atoms with Crippen molar-refractivity contribution < 1.29 is 14.9 Å². The molecule has 0 spiro atoms. The van der Waals surface area contributed by atoms with Gasteiger partial charge in [0.25, 0.3) is 0 Å². The number of fused-ring (bicyclic) bond motifs is 1. The maximum atomic E-state index is 10.5. The van der Waals surface area contributed by atoms with Gasteiger partial charge in [-0.15, -0.1) is 10.2 Å². The summed E-state index contributed by atoms with van der Waals surface area (Å²) >= 11 is 0. The normalized spacial score (nSPS) is 25.7. The minimum atomic E-state index is -1.23. The Bertz CT molecular complexity index is 940. The number of anilines is 2. The summed E-state index contributed by atoms with van der Waals surface area (Å²) in [5, 5.41) is 38.3. The second kappa shape index (κ2) is 6.12. The monoisotopic (exact) mass is 362 g/mol. The van der Waals surface area contributed by atoms with Crippen LogP contribution in [0.1, 0.15) is 18.2 Å². The van der Waals surface area contributed by atoms with Crippen molar-refractivity contribution in [1.29, 1.82) is 0 Å². The van der Waals surface area contributed by atoms with Crippen LogP contribution < -0.4 is 10.6 Å². The first kappa shape index (κ1) is 16.6. The maximum absolute atomic E-state index is 10.5. The fourth-order valence-electron chi connectivity index (χ4n) is 2.90. The lowest BCUT2D eigenvalue weighted by molar-refractivity contribution is -0.0384. The van der Waals surface area contributed by atoms with Crippen LogP contribution in [0.5, 0.6) is 0 Å². The van der Waals surface area contributed by atoms with Crippen LogP contribution in [0.2, 0.25) is 0 Å². The Kier molecular flexibility index (Phi) is 3.90. The van der Waals surface area contributed by atoms with Gasteiger partial charge in [0.15, 0.2) is 29.3 Å². The Morgan fingerprint density at radius 2 is 1.96 bits per heavy atom. The number of rotatable bonds is 4. The first-order valence-electron chi connectivity index (χ1n) is 7.89. The van der Waals surface area contributed by atoms with E-state index in [1.807, 2.05) is 0 Å². The molecule has 1 saturated heterocycles. The molecule has 0 aliphatic carbocycles. The molecule has 13 heteroatoms. The smallest absolute Gasteiger partial charge is 0.226 e. The van der Waals surface area contributed by atoms with E-state index in [4.69, 9.17) is 4.74 Å². The molecule has 0 bridgehead atoms. The molecule has 138 valence electrons. The molecule has 4 unspecified atom stereocenters. The summed E-state index contributed by atoms with van der Waals surface area (Å²) in [6.07, 6.45) is -2.82. The molecular weight excluding hydrogens is 344 g/mol. The summed E-state index contributed by atoms with van der Waals surface area (Å²) < 4.78 is 7.37. The lowest BCUT2D eigenvalue weighted by atomic mass is 10.1. The zero-order valence-corrected chi connectivity index (χ0v) is 14.3. The van der Waals surface area contributed by atoms with E-state index >= 15 is 0 Å². The van der Waals surface area contributed by atoms with Crippen LogP contribution in [0.4, 0.5) is 11.8 Å². The van der Waals surface area contributed by atoms with Gasteiger partial charge in [-0.1, -0.05) is 0 Å². The standard InChI is InChI=1S/C13H18N10O3/c1-14-9-5-11(18-13(15-2)17-9)23(4-16-5)12-7(25)6(24)8(26-12)10-19-21-22(3)20-10/h4,6-8,12,24-25H,1-3H3,(H2,14,15,17,18). The molecule has 4 N–H and O–H groups in total. The third-order valence-electron chi connectivity index (χ3n) is 4.17. The topological polar surface area (TPSA) is 161 Å². The number of tetrazole rings is 1. The number of imidazole rings is 1. The van der Waals surface area contributed by atoms with E-state index in [1.54, 1.807) is 25.7 Å². The molecule has 4 atom stereocenters. The van der Waals surface area contributed by atoms with E-state index in [1.165, 1.54) is 11.1 Å². The van der Waals surface area contributed by atoms with Gasteiger partial charge < -0.3 is 25.6 Å². The SMILES string of the molecule is CNc1nc(NC)c2ncn(C3OC(c4nnn(C)n4)C(O)C3O)c2n1. The van der Waals surface area contributed by atoms with Crippen LogP contribution in [0, 0.1) is 0 Å². The van der Waals surface area contributed by atoms with Gasteiger partial charge >= 0.3 is 0 Å². The van der Waals surface area contributed by atoms with E-state index in [9.17, 15) is 10.2 Å². The van der Waals surface area contributed by atoms with Crippen LogP contribution in [0.15, 0.2) is 6.33 Å². The Labute approximate surface area is 147 Å². The van der Waals surface area contributed by atoms with Gasteiger partial charge in [-0.05, 0) is 5.21 Å². The van der Waals surface area contributed by atoms with Crippen LogP contribution in [0.3, 0.4) is 0 Å². The Hall–Kier alpha value is -2.90. The molecular formula is C13H18N10O3. The van der Waals surface area contributed by atoms with E-state index in [0.717, 1.165) is 0 Å². The zero-order valence-electron chi connectivity index (χ0n) is 14.3. The Morgan fingerprint density at radius 3 is 2.62 bits per heavy atom. The summed E-state index contributed by atoms with van der Waals surface area (Å²) in [5.41, 5.74) is 0.954. The van der Waals surface area contributed by atoms with Crippen molar-refractivity contribution in [1.82, 2.24) is 39.7 Å². The molecule has 0 saturated carbocycles. The average molecular weight is 362 g/mol. The fourth-order valence-corrected chi connectivity index (χ4v) is 2.90. The predicted molar refractivity (Wildman–Crippen MR) is 88.1 cm³/mol. The quantitative estimate of drug-likeness (QED) is 0.424. The molecule has 0 radical (unpaired) electrons. The van der Waals surface area contributed by atoms with Gasteiger partial charge in [0.2, 0.25) is 11.8 Å². The molecule has 3 aromatic rings. The number of nitrogens with zero attached hydrogens (tertiary/aromatic N) is 8. The second-order valence-electron chi connectivity index (χ2n) is 5.79. The molecule has 0 amide bonds. The highest BCUT2D eigenvalue weighted by molar-refractivity contribution is 5.84. The van der Waals surface area contributed by atoms with Crippen LogP contribution in [-0.4, -0.2) is 76.2 Å². The fraction of sp³-hybridized carbons (Fsp3) is 0.538. The summed E-state index contributed by atoms with van der Waals surface area (Å²) in [5.74, 6) is 1.09. The molecule has 3 aromatic heterocycles. The zero-order chi connectivity index (χ0) is 18.4. The van der Waals surface area contributed by atoms with Crippen molar-refractivity contribution in [2.24, 2.45) is 7.05 Å². The molecule has 13 nitrogen and oxygen atoms in total. The number of aromatic nitrogens is 8. The largest absolute Gasteiger partial charge is 0.387 e. The minimum absolute atomic E-state index is 0.187. The van der Waals surface area contributed by atoms with Gasteiger partial charge in [0.05, 0.1) is 13.4 Å².